The summed E-state index contributed by atoms with van der Waals surface area (Å²) >= 11 is 1.60. The summed E-state index contributed by atoms with van der Waals surface area (Å²) in [6, 6.07) is 19.3. The molecule has 168 valence electrons. The quantitative estimate of drug-likeness (QED) is 0.448. The molecule has 1 aromatic heterocycles. The Balaban J connectivity index is 1.31. The minimum absolute atomic E-state index is 0.267. The number of hydrogen-bond donors (Lipinski definition) is 0. The van der Waals surface area contributed by atoms with E-state index in [1.54, 1.807) is 11.8 Å². The van der Waals surface area contributed by atoms with Gasteiger partial charge >= 0.3 is 0 Å². The molecule has 0 spiro atoms. The number of benzene rings is 2. The van der Waals surface area contributed by atoms with Crippen LogP contribution in [-0.4, -0.2) is 38.7 Å². The van der Waals surface area contributed by atoms with Gasteiger partial charge in [-0.3, -0.25) is 4.79 Å². The highest BCUT2D eigenvalue weighted by atomic mass is 32.2. The molecule has 2 atom stereocenters. The van der Waals surface area contributed by atoms with Crippen molar-refractivity contribution in [2.45, 2.75) is 64.2 Å². The van der Waals surface area contributed by atoms with Gasteiger partial charge in [-0.15, -0.1) is 0 Å². The van der Waals surface area contributed by atoms with Gasteiger partial charge in [0.25, 0.3) is 0 Å². The first-order valence-corrected chi connectivity index (χ1v) is 12.7. The number of nitrogens with zero attached hydrogens (tertiary/aromatic N) is 3. The zero-order valence-electron chi connectivity index (χ0n) is 19.4. The second-order valence-electron chi connectivity index (χ2n) is 10.8. The molecule has 1 amide bonds. The lowest BCUT2D eigenvalue weighted by Gasteiger charge is -2.39. The third kappa shape index (κ3) is 4.32. The summed E-state index contributed by atoms with van der Waals surface area (Å²) in [5, 5.41) is 0.948. The number of likely N-dealkylation sites (tertiary alicyclic amines) is 1. The lowest BCUT2D eigenvalue weighted by Crippen LogP contribution is -2.38. The van der Waals surface area contributed by atoms with E-state index in [-0.39, 0.29) is 11.3 Å². The molecule has 4 nitrogen and oxygen atoms in total. The maximum Gasteiger partial charge on any atom is 0.233 e. The number of hydrogen-bond acceptors (Lipinski definition) is 3. The summed E-state index contributed by atoms with van der Waals surface area (Å²) < 4.78 is 2.28. The highest BCUT2D eigenvalue weighted by Crippen LogP contribution is 2.52. The fourth-order valence-electron chi connectivity index (χ4n) is 6.23. The first kappa shape index (κ1) is 21.6. The fraction of sp³-hybridized carbons (Fsp3) is 0.481. The van der Waals surface area contributed by atoms with Crippen molar-refractivity contribution in [2.75, 3.05) is 12.3 Å². The monoisotopic (exact) mass is 447 g/mol. The molecule has 0 radical (unpaired) electrons. The minimum Gasteiger partial charge on any atom is -0.338 e. The summed E-state index contributed by atoms with van der Waals surface area (Å²) in [4.78, 5) is 20.3. The van der Waals surface area contributed by atoms with Crippen molar-refractivity contribution in [3.8, 4) is 0 Å². The molecule has 1 aliphatic heterocycles. The third-order valence-corrected chi connectivity index (χ3v) is 8.11. The van der Waals surface area contributed by atoms with Crippen LogP contribution in [0.5, 0.6) is 0 Å². The third-order valence-electron chi connectivity index (χ3n) is 7.15. The highest BCUT2D eigenvalue weighted by Gasteiger charge is 2.50. The van der Waals surface area contributed by atoms with Crippen molar-refractivity contribution >= 4 is 28.7 Å². The van der Waals surface area contributed by atoms with Gasteiger partial charge in [0.1, 0.15) is 0 Å². The first-order valence-electron chi connectivity index (χ1n) is 11.7. The van der Waals surface area contributed by atoms with Gasteiger partial charge in [0.2, 0.25) is 5.91 Å². The standard InChI is InChI=1S/C27H33N3OS/c1-26(2)15-21-16-27(3,18-26)19-30(21)24(31)17-32-25-28-22-11-7-8-12-23(22)29(25)14-13-20-9-5-4-6-10-20/h4-12,21H,13-19H2,1-3H3. The van der Waals surface area contributed by atoms with Crippen LogP contribution in [0.25, 0.3) is 11.0 Å². The van der Waals surface area contributed by atoms with Crippen molar-refractivity contribution in [1.82, 2.24) is 14.5 Å². The summed E-state index contributed by atoms with van der Waals surface area (Å²) in [7, 11) is 0. The topological polar surface area (TPSA) is 38.1 Å². The van der Waals surface area contributed by atoms with Crippen molar-refractivity contribution in [2.24, 2.45) is 10.8 Å². The van der Waals surface area contributed by atoms with Gasteiger partial charge in [-0.1, -0.05) is 75.0 Å². The van der Waals surface area contributed by atoms with Crippen LogP contribution in [0, 0.1) is 10.8 Å². The lowest BCUT2D eigenvalue weighted by molar-refractivity contribution is -0.129. The number of thioether (sulfide) groups is 1. The molecule has 2 unspecified atom stereocenters. The maximum atomic E-state index is 13.3. The number of fused-ring (bicyclic) bond motifs is 3. The van der Waals surface area contributed by atoms with E-state index < -0.39 is 0 Å². The predicted molar refractivity (Wildman–Crippen MR) is 132 cm³/mol. The van der Waals surface area contributed by atoms with Gasteiger partial charge in [-0.2, -0.15) is 0 Å². The first-order chi connectivity index (χ1) is 15.3. The highest BCUT2D eigenvalue weighted by molar-refractivity contribution is 7.99. The van der Waals surface area contributed by atoms with Crippen LogP contribution in [0.2, 0.25) is 0 Å². The van der Waals surface area contributed by atoms with Crippen LogP contribution in [0.3, 0.4) is 0 Å². The molecular formula is C27H33N3OS. The minimum atomic E-state index is 0.267. The summed E-state index contributed by atoms with van der Waals surface area (Å²) in [6.45, 7) is 8.85. The van der Waals surface area contributed by atoms with Crippen LogP contribution in [-0.2, 0) is 17.8 Å². The number of aryl methyl sites for hydroxylation is 2. The van der Waals surface area contributed by atoms with E-state index in [1.807, 2.05) is 6.07 Å². The molecule has 5 heteroatoms. The number of carbonyl (C=O) groups is 1. The van der Waals surface area contributed by atoms with E-state index in [0.29, 0.717) is 17.2 Å². The molecule has 0 N–H and O–H groups in total. The van der Waals surface area contributed by atoms with Gasteiger partial charge in [0.05, 0.1) is 16.8 Å². The van der Waals surface area contributed by atoms with Gasteiger partial charge in [0, 0.05) is 19.1 Å². The Hall–Kier alpha value is -2.27. The smallest absolute Gasteiger partial charge is 0.233 e. The molecule has 1 saturated carbocycles. The molecule has 1 saturated heterocycles. The summed E-state index contributed by atoms with van der Waals surface area (Å²) in [5.74, 6) is 0.727. The van der Waals surface area contributed by atoms with E-state index in [9.17, 15) is 4.79 Å². The van der Waals surface area contributed by atoms with Crippen molar-refractivity contribution in [1.29, 1.82) is 0 Å². The largest absolute Gasteiger partial charge is 0.338 e. The Morgan fingerprint density at radius 2 is 1.81 bits per heavy atom. The molecule has 2 aromatic carbocycles. The number of carbonyl (C=O) groups excluding carboxylic acids is 1. The molecule has 2 heterocycles. The Morgan fingerprint density at radius 1 is 1.06 bits per heavy atom. The maximum absolute atomic E-state index is 13.3. The lowest BCUT2D eigenvalue weighted by atomic mass is 9.65. The molecular weight excluding hydrogens is 414 g/mol. The molecule has 32 heavy (non-hydrogen) atoms. The predicted octanol–water partition coefficient (Wildman–Crippen LogP) is 5.80. The Bertz CT molecular complexity index is 1120. The molecule has 2 bridgehead atoms. The number of amides is 1. The molecule has 3 aromatic rings. The van der Waals surface area contributed by atoms with Gasteiger partial charge < -0.3 is 9.47 Å². The van der Waals surface area contributed by atoms with Crippen LogP contribution in [0.1, 0.15) is 45.6 Å². The molecule has 5 rings (SSSR count). The van der Waals surface area contributed by atoms with E-state index in [0.717, 1.165) is 48.5 Å². The normalized spacial score (nSPS) is 24.2. The van der Waals surface area contributed by atoms with Gasteiger partial charge in [0.15, 0.2) is 5.16 Å². The van der Waals surface area contributed by atoms with E-state index >= 15 is 0 Å². The zero-order valence-corrected chi connectivity index (χ0v) is 20.2. The number of imidazole rings is 1. The van der Waals surface area contributed by atoms with Crippen LogP contribution < -0.4 is 0 Å². The van der Waals surface area contributed by atoms with Crippen LogP contribution in [0.4, 0.5) is 0 Å². The average molecular weight is 448 g/mol. The van der Waals surface area contributed by atoms with Gasteiger partial charge in [-0.05, 0) is 54.2 Å². The summed E-state index contributed by atoms with van der Waals surface area (Å²) in [6.07, 6.45) is 4.43. The van der Waals surface area contributed by atoms with Gasteiger partial charge in [-0.25, -0.2) is 4.98 Å². The molecule has 2 fully saturated rings. The van der Waals surface area contributed by atoms with Crippen LogP contribution in [0.15, 0.2) is 59.8 Å². The van der Waals surface area contributed by atoms with Crippen LogP contribution >= 0.6 is 11.8 Å². The zero-order chi connectivity index (χ0) is 22.3. The number of rotatable bonds is 6. The molecule has 1 aliphatic carbocycles. The Kier molecular flexibility index (Phi) is 5.56. The average Bonchev–Trinajstić information content (AvgIpc) is 3.23. The van der Waals surface area contributed by atoms with Crippen molar-refractivity contribution < 1.29 is 4.79 Å². The fourth-order valence-corrected chi connectivity index (χ4v) is 7.15. The second-order valence-corrected chi connectivity index (χ2v) is 11.7. The van der Waals surface area contributed by atoms with E-state index in [1.165, 1.54) is 12.0 Å². The SMILES string of the molecule is CC1(C)CC2CC(C)(CN2C(=O)CSc2nc3ccccc3n2CCc2ccccc2)C1. The van der Waals surface area contributed by atoms with E-state index in [2.05, 4.69) is 78.8 Å². The number of aromatic nitrogens is 2. The summed E-state index contributed by atoms with van der Waals surface area (Å²) in [5.41, 5.74) is 4.06. The number of para-hydroxylation sites is 2. The molecule has 2 aliphatic rings. The Morgan fingerprint density at radius 3 is 2.62 bits per heavy atom. The van der Waals surface area contributed by atoms with E-state index in [4.69, 9.17) is 4.98 Å². The van der Waals surface area contributed by atoms with Crippen molar-refractivity contribution in [3.05, 3.63) is 60.2 Å². The van der Waals surface area contributed by atoms with Crippen molar-refractivity contribution in [3.63, 3.8) is 0 Å². The Labute approximate surface area is 195 Å². The second kappa shape index (κ2) is 8.26.